The second-order valence-corrected chi connectivity index (χ2v) is 8.99. The minimum atomic E-state index is 0.238. The van der Waals surface area contributed by atoms with Crippen LogP contribution in [0.25, 0.3) is 0 Å². The summed E-state index contributed by atoms with van der Waals surface area (Å²) in [4.78, 5) is 14.0. The highest BCUT2D eigenvalue weighted by Crippen LogP contribution is 2.15. The lowest BCUT2D eigenvalue weighted by Crippen LogP contribution is -2.30. The highest BCUT2D eigenvalue weighted by molar-refractivity contribution is 5.76. The van der Waals surface area contributed by atoms with Crippen LogP contribution in [0.1, 0.15) is 135 Å². The Labute approximate surface area is 189 Å². The largest absolute Gasteiger partial charge is 0.335 e. The topological polar surface area (TPSA) is 20.3 Å². The Bertz CT molecular complexity index is 380. The molecule has 0 spiro atoms. The van der Waals surface area contributed by atoms with E-state index in [-0.39, 0.29) is 5.91 Å². The molecule has 0 saturated carbocycles. The van der Waals surface area contributed by atoms with Crippen LogP contribution in [-0.4, -0.2) is 23.9 Å². The van der Waals surface area contributed by atoms with E-state index in [2.05, 4.69) is 20.1 Å². The van der Waals surface area contributed by atoms with Gasteiger partial charge in [0.05, 0.1) is 0 Å². The second kappa shape index (κ2) is 24.2. The van der Waals surface area contributed by atoms with E-state index in [1.807, 2.05) is 4.90 Å². The summed E-state index contributed by atoms with van der Waals surface area (Å²) in [5.41, 5.74) is 0. The SMILES string of the molecule is C=CCN(CC=C)C(=O)CCCCCCCCCCCCCCCCCCCCC. The summed E-state index contributed by atoms with van der Waals surface area (Å²) in [6.45, 7) is 11.0. The van der Waals surface area contributed by atoms with Crippen molar-refractivity contribution < 1.29 is 4.79 Å². The van der Waals surface area contributed by atoms with E-state index in [1.54, 1.807) is 12.2 Å². The molecule has 0 aromatic heterocycles. The molecule has 30 heavy (non-hydrogen) atoms. The molecule has 0 fully saturated rings. The molecule has 176 valence electrons. The summed E-state index contributed by atoms with van der Waals surface area (Å²) in [6.07, 6.45) is 30.5. The zero-order valence-electron chi connectivity index (χ0n) is 20.5. The van der Waals surface area contributed by atoms with Gasteiger partial charge in [-0.2, -0.15) is 0 Å². The van der Waals surface area contributed by atoms with Gasteiger partial charge in [0.15, 0.2) is 0 Å². The third-order valence-electron chi connectivity index (χ3n) is 6.05. The molecule has 1 amide bonds. The fourth-order valence-corrected chi connectivity index (χ4v) is 4.10. The summed E-state index contributed by atoms with van der Waals surface area (Å²) < 4.78 is 0. The van der Waals surface area contributed by atoms with Gasteiger partial charge in [-0.05, 0) is 6.42 Å². The predicted octanol–water partition coefficient (Wildman–Crippen LogP) is 9.01. The van der Waals surface area contributed by atoms with E-state index in [0.29, 0.717) is 19.5 Å². The van der Waals surface area contributed by atoms with Gasteiger partial charge >= 0.3 is 0 Å². The number of unbranched alkanes of at least 4 members (excludes halogenated alkanes) is 18. The Balaban J connectivity index is 3.25. The number of carbonyl (C=O) groups is 1. The van der Waals surface area contributed by atoms with Crippen molar-refractivity contribution >= 4 is 5.91 Å². The highest BCUT2D eigenvalue weighted by atomic mass is 16.2. The summed E-state index contributed by atoms with van der Waals surface area (Å²) in [5.74, 6) is 0.238. The van der Waals surface area contributed by atoms with E-state index >= 15 is 0 Å². The van der Waals surface area contributed by atoms with Crippen LogP contribution in [0.5, 0.6) is 0 Å². The van der Waals surface area contributed by atoms with Crippen molar-refractivity contribution in [3.63, 3.8) is 0 Å². The molecule has 2 nitrogen and oxygen atoms in total. The highest BCUT2D eigenvalue weighted by Gasteiger charge is 2.09. The number of nitrogens with zero attached hydrogens (tertiary/aromatic N) is 1. The summed E-state index contributed by atoms with van der Waals surface area (Å²) >= 11 is 0. The van der Waals surface area contributed by atoms with Crippen LogP contribution in [0, 0.1) is 0 Å². The van der Waals surface area contributed by atoms with Crippen LogP contribution in [0.15, 0.2) is 25.3 Å². The monoisotopic (exact) mass is 419 g/mol. The fourth-order valence-electron chi connectivity index (χ4n) is 4.10. The van der Waals surface area contributed by atoms with Crippen molar-refractivity contribution in [2.24, 2.45) is 0 Å². The molecule has 0 rings (SSSR count). The van der Waals surface area contributed by atoms with Crippen LogP contribution in [0.4, 0.5) is 0 Å². The van der Waals surface area contributed by atoms with Gasteiger partial charge in [-0.15, -0.1) is 13.2 Å². The van der Waals surface area contributed by atoms with Crippen molar-refractivity contribution in [2.45, 2.75) is 135 Å². The average molecular weight is 420 g/mol. The van der Waals surface area contributed by atoms with E-state index < -0.39 is 0 Å². The van der Waals surface area contributed by atoms with Crippen molar-refractivity contribution in [2.75, 3.05) is 13.1 Å². The maximum Gasteiger partial charge on any atom is 0.223 e. The van der Waals surface area contributed by atoms with Gasteiger partial charge < -0.3 is 4.90 Å². The molecule has 0 unspecified atom stereocenters. The third-order valence-corrected chi connectivity index (χ3v) is 6.05. The molecule has 0 saturated heterocycles. The lowest BCUT2D eigenvalue weighted by atomic mass is 10.0. The number of amides is 1. The smallest absolute Gasteiger partial charge is 0.223 e. The minimum Gasteiger partial charge on any atom is -0.335 e. The minimum absolute atomic E-state index is 0.238. The summed E-state index contributed by atoms with van der Waals surface area (Å²) in [7, 11) is 0. The van der Waals surface area contributed by atoms with E-state index in [9.17, 15) is 4.79 Å². The molecule has 0 radical (unpaired) electrons. The van der Waals surface area contributed by atoms with Gasteiger partial charge in [-0.3, -0.25) is 4.79 Å². The van der Waals surface area contributed by atoms with Gasteiger partial charge in [0, 0.05) is 19.5 Å². The van der Waals surface area contributed by atoms with Gasteiger partial charge in [0.2, 0.25) is 5.91 Å². The predicted molar refractivity (Wildman–Crippen MR) is 135 cm³/mol. The number of rotatable bonds is 24. The Morgan fingerprint density at radius 3 is 1.17 bits per heavy atom. The van der Waals surface area contributed by atoms with Crippen LogP contribution in [0.3, 0.4) is 0 Å². The fraction of sp³-hybridized carbons (Fsp3) is 0.821. The lowest BCUT2D eigenvalue weighted by Gasteiger charge is -2.19. The Hall–Kier alpha value is -1.05. The molecule has 0 atom stereocenters. The standard InChI is InChI=1S/C28H53NO/c1-4-7-8-9-10-11-12-13-14-15-16-17-18-19-20-21-22-23-24-25-28(30)29(26-5-2)27-6-3/h5-6H,2-4,7-27H2,1H3. The van der Waals surface area contributed by atoms with Crippen molar-refractivity contribution in [1.82, 2.24) is 4.90 Å². The van der Waals surface area contributed by atoms with Gasteiger partial charge in [0.25, 0.3) is 0 Å². The Morgan fingerprint density at radius 1 is 0.567 bits per heavy atom. The molecule has 0 aliphatic carbocycles. The van der Waals surface area contributed by atoms with Gasteiger partial charge in [-0.25, -0.2) is 0 Å². The maximum absolute atomic E-state index is 12.1. The van der Waals surface area contributed by atoms with Crippen LogP contribution in [0.2, 0.25) is 0 Å². The Morgan fingerprint density at radius 2 is 0.867 bits per heavy atom. The van der Waals surface area contributed by atoms with Crippen LogP contribution >= 0.6 is 0 Å². The van der Waals surface area contributed by atoms with Crippen molar-refractivity contribution in [1.29, 1.82) is 0 Å². The molecule has 0 N–H and O–H groups in total. The average Bonchev–Trinajstić information content (AvgIpc) is 2.75. The summed E-state index contributed by atoms with van der Waals surface area (Å²) in [6, 6.07) is 0. The first-order chi connectivity index (χ1) is 14.8. The Kier molecular flexibility index (Phi) is 23.4. The first-order valence-corrected chi connectivity index (χ1v) is 13.3. The van der Waals surface area contributed by atoms with Gasteiger partial charge in [0.1, 0.15) is 0 Å². The molecule has 0 bridgehead atoms. The molecule has 0 heterocycles. The maximum atomic E-state index is 12.1. The number of hydrogen-bond donors (Lipinski definition) is 0. The van der Waals surface area contributed by atoms with E-state index in [1.165, 1.54) is 116 Å². The molecule has 0 aromatic rings. The number of hydrogen-bond acceptors (Lipinski definition) is 1. The van der Waals surface area contributed by atoms with Crippen molar-refractivity contribution in [3.8, 4) is 0 Å². The molecular weight excluding hydrogens is 366 g/mol. The summed E-state index contributed by atoms with van der Waals surface area (Å²) in [5, 5.41) is 0. The second-order valence-electron chi connectivity index (χ2n) is 8.99. The lowest BCUT2D eigenvalue weighted by molar-refractivity contribution is -0.130. The van der Waals surface area contributed by atoms with E-state index in [0.717, 1.165) is 6.42 Å². The zero-order valence-corrected chi connectivity index (χ0v) is 20.5. The van der Waals surface area contributed by atoms with Gasteiger partial charge in [-0.1, -0.05) is 135 Å². The third kappa shape index (κ3) is 20.2. The zero-order chi connectivity index (χ0) is 22.1. The first-order valence-electron chi connectivity index (χ1n) is 13.3. The molecule has 2 heteroatoms. The molecule has 0 aromatic carbocycles. The molecular formula is C28H53NO. The van der Waals surface area contributed by atoms with Crippen LogP contribution < -0.4 is 0 Å². The molecule has 0 aliphatic rings. The molecule has 0 aliphatic heterocycles. The quantitative estimate of drug-likeness (QED) is 0.113. The van der Waals surface area contributed by atoms with E-state index in [4.69, 9.17) is 0 Å². The van der Waals surface area contributed by atoms with Crippen molar-refractivity contribution in [3.05, 3.63) is 25.3 Å². The van der Waals surface area contributed by atoms with Crippen LogP contribution in [-0.2, 0) is 4.79 Å². The number of carbonyl (C=O) groups excluding carboxylic acids is 1. The first kappa shape index (κ1) is 28.9. The normalized spacial score (nSPS) is 10.8.